The van der Waals surface area contributed by atoms with E-state index in [9.17, 15) is 9.59 Å². The van der Waals surface area contributed by atoms with Gasteiger partial charge in [-0.15, -0.1) is 0 Å². The van der Waals surface area contributed by atoms with E-state index in [1.807, 2.05) is 18.2 Å². The number of carbonyl (C=O) groups excluding carboxylic acids is 2. The van der Waals surface area contributed by atoms with Gasteiger partial charge in [-0.05, 0) is 53.7 Å². The highest BCUT2D eigenvalue weighted by Gasteiger charge is 2.36. The summed E-state index contributed by atoms with van der Waals surface area (Å²) >= 11 is 19.8. The molecule has 184 valence electrons. The lowest BCUT2D eigenvalue weighted by molar-refractivity contribution is -0.126. The van der Waals surface area contributed by atoms with Gasteiger partial charge in [0.15, 0.2) is 5.69 Å². The van der Waals surface area contributed by atoms with Gasteiger partial charge in [0.2, 0.25) is 5.91 Å². The lowest BCUT2D eigenvalue weighted by atomic mass is 10.0. The summed E-state index contributed by atoms with van der Waals surface area (Å²) in [7, 11) is 1.57. The minimum Gasteiger partial charge on any atom is -0.497 e. The van der Waals surface area contributed by atoms with E-state index in [4.69, 9.17) is 39.5 Å². The van der Waals surface area contributed by atoms with E-state index >= 15 is 0 Å². The van der Waals surface area contributed by atoms with E-state index in [-0.39, 0.29) is 33.5 Å². The van der Waals surface area contributed by atoms with Gasteiger partial charge in [-0.25, -0.2) is 0 Å². The van der Waals surface area contributed by atoms with E-state index in [0.29, 0.717) is 21.9 Å². The Balaban J connectivity index is 1.79. The molecule has 4 rings (SSSR count). The van der Waals surface area contributed by atoms with Gasteiger partial charge in [-0.1, -0.05) is 78.0 Å². The Kier molecular flexibility index (Phi) is 8.55. The molecule has 0 spiro atoms. The number of carbonyl (C=O) groups is 2. The van der Waals surface area contributed by atoms with E-state index in [0.717, 1.165) is 37.2 Å². The summed E-state index contributed by atoms with van der Waals surface area (Å²) in [6, 6.07) is 13.4. The molecular formula is C25H24Cl3N3O3S. The second kappa shape index (κ2) is 11.6. The number of benzene rings is 2. The Labute approximate surface area is 223 Å². The number of amides is 2. The van der Waals surface area contributed by atoms with E-state index in [2.05, 4.69) is 9.69 Å². The molecule has 2 amide bonds. The van der Waals surface area contributed by atoms with Gasteiger partial charge < -0.3 is 15.0 Å². The van der Waals surface area contributed by atoms with Crippen LogP contribution >= 0.6 is 46.3 Å². The Morgan fingerprint density at radius 3 is 2.40 bits per heavy atom. The van der Waals surface area contributed by atoms with Crippen molar-refractivity contribution in [2.24, 2.45) is 0 Å². The minimum atomic E-state index is -0.957. The van der Waals surface area contributed by atoms with Crippen LogP contribution < -0.4 is 10.1 Å². The van der Waals surface area contributed by atoms with Crippen molar-refractivity contribution in [3.63, 3.8) is 0 Å². The number of hydrogen-bond donors (Lipinski definition) is 1. The zero-order chi connectivity index (χ0) is 24.9. The average molecular weight is 553 g/mol. The maximum Gasteiger partial charge on any atom is 0.276 e. The van der Waals surface area contributed by atoms with E-state index < -0.39 is 11.9 Å². The third-order valence-corrected chi connectivity index (χ3v) is 8.03. The zero-order valence-electron chi connectivity index (χ0n) is 19.0. The summed E-state index contributed by atoms with van der Waals surface area (Å²) in [5, 5.41) is 3.69. The highest BCUT2D eigenvalue weighted by molar-refractivity contribution is 7.11. The first-order valence-electron chi connectivity index (χ1n) is 11.2. The van der Waals surface area contributed by atoms with Crippen LogP contribution in [0, 0.1) is 0 Å². The molecule has 3 aromatic rings. The van der Waals surface area contributed by atoms with Crippen LogP contribution in [0.1, 0.15) is 53.3 Å². The second-order valence-corrected chi connectivity index (χ2v) is 10.5. The monoisotopic (exact) mass is 551 g/mol. The molecule has 1 aliphatic rings. The van der Waals surface area contributed by atoms with Crippen LogP contribution in [0.3, 0.4) is 0 Å². The van der Waals surface area contributed by atoms with Crippen LogP contribution in [-0.2, 0) is 11.3 Å². The summed E-state index contributed by atoms with van der Waals surface area (Å²) in [5.41, 5.74) is 1.31. The molecule has 0 bridgehead atoms. The molecule has 1 aromatic heterocycles. The lowest BCUT2D eigenvalue weighted by Crippen LogP contribution is -2.46. The highest BCUT2D eigenvalue weighted by atomic mass is 35.5. The topological polar surface area (TPSA) is 71.5 Å². The molecule has 6 nitrogen and oxygen atoms in total. The quantitative estimate of drug-likeness (QED) is 0.344. The Hall–Kier alpha value is -2.32. The second-order valence-electron chi connectivity index (χ2n) is 8.31. The number of ether oxygens (including phenoxy) is 1. The fourth-order valence-corrected chi connectivity index (χ4v) is 5.41. The predicted octanol–water partition coefficient (Wildman–Crippen LogP) is 6.55. The summed E-state index contributed by atoms with van der Waals surface area (Å²) in [4.78, 5) is 29.1. The standard InChI is InChI=1S/C25H24Cl3N3O3S/c1-34-18-12-10-15(11-13-18)22(24(32)29-17-7-3-4-8-17)31(14-16-6-2-5-9-19(16)26)25(33)21-20(27)23(28)35-30-21/h2,5-6,9-13,17,22H,3-4,7-8,14H2,1H3,(H,29,32). The Morgan fingerprint density at radius 2 is 1.80 bits per heavy atom. The van der Waals surface area contributed by atoms with Crippen molar-refractivity contribution >= 4 is 58.1 Å². The number of halogens is 3. The number of nitrogens with one attached hydrogen (secondary N) is 1. The molecule has 0 radical (unpaired) electrons. The van der Waals surface area contributed by atoms with Crippen LogP contribution in [0.2, 0.25) is 14.4 Å². The van der Waals surface area contributed by atoms with Crippen molar-refractivity contribution in [1.29, 1.82) is 0 Å². The molecule has 0 aliphatic heterocycles. The molecule has 1 N–H and O–H groups in total. The summed E-state index contributed by atoms with van der Waals surface area (Å²) in [6.45, 7) is 0.0682. The van der Waals surface area contributed by atoms with Crippen LogP contribution in [0.15, 0.2) is 48.5 Å². The minimum absolute atomic E-state index is 0.000832. The molecule has 1 atom stereocenters. The number of hydrogen-bond acceptors (Lipinski definition) is 5. The highest BCUT2D eigenvalue weighted by Crippen LogP contribution is 2.34. The Morgan fingerprint density at radius 1 is 1.11 bits per heavy atom. The third kappa shape index (κ3) is 5.92. The molecule has 0 saturated heterocycles. The van der Waals surface area contributed by atoms with Crippen LogP contribution in [-0.4, -0.2) is 34.2 Å². The van der Waals surface area contributed by atoms with Gasteiger partial charge in [-0.2, -0.15) is 4.37 Å². The van der Waals surface area contributed by atoms with Crippen molar-refractivity contribution in [1.82, 2.24) is 14.6 Å². The summed E-state index contributed by atoms with van der Waals surface area (Å²) in [5.74, 6) is -0.151. The van der Waals surface area contributed by atoms with E-state index in [1.54, 1.807) is 37.4 Å². The molecule has 35 heavy (non-hydrogen) atoms. The number of nitrogens with zero attached hydrogens (tertiary/aromatic N) is 2. The number of rotatable bonds is 8. The fourth-order valence-electron chi connectivity index (χ4n) is 4.23. The van der Waals surface area contributed by atoms with Crippen LogP contribution in [0.25, 0.3) is 0 Å². The van der Waals surface area contributed by atoms with E-state index in [1.165, 1.54) is 4.90 Å². The Bertz CT molecular complexity index is 1200. The van der Waals surface area contributed by atoms with Crippen molar-refractivity contribution in [2.45, 2.75) is 44.3 Å². The summed E-state index contributed by atoms with van der Waals surface area (Å²) < 4.78 is 9.67. The van der Waals surface area contributed by atoms with Crippen LogP contribution in [0.4, 0.5) is 0 Å². The van der Waals surface area contributed by atoms with Gasteiger partial charge in [0, 0.05) is 17.6 Å². The maximum absolute atomic E-state index is 13.9. The largest absolute Gasteiger partial charge is 0.497 e. The fraction of sp³-hybridized carbons (Fsp3) is 0.320. The normalized spacial score (nSPS) is 14.5. The first-order valence-corrected chi connectivity index (χ1v) is 13.1. The SMILES string of the molecule is COc1ccc(C(C(=O)NC2CCCC2)N(Cc2ccccc2Cl)C(=O)c2nsc(Cl)c2Cl)cc1. The predicted molar refractivity (Wildman–Crippen MR) is 140 cm³/mol. The van der Waals surface area contributed by atoms with Gasteiger partial charge in [0.1, 0.15) is 21.2 Å². The molecule has 1 fully saturated rings. The lowest BCUT2D eigenvalue weighted by Gasteiger charge is -2.32. The van der Waals surface area contributed by atoms with Gasteiger partial charge in [0.05, 0.1) is 7.11 Å². The molecule has 1 aliphatic carbocycles. The smallest absolute Gasteiger partial charge is 0.276 e. The third-order valence-electron chi connectivity index (χ3n) is 6.05. The molecule has 1 unspecified atom stereocenters. The molecule has 1 heterocycles. The van der Waals surface area contributed by atoms with Crippen molar-refractivity contribution in [3.8, 4) is 5.75 Å². The maximum atomic E-state index is 13.9. The molecular weight excluding hydrogens is 529 g/mol. The van der Waals surface area contributed by atoms with Crippen molar-refractivity contribution in [2.75, 3.05) is 7.11 Å². The van der Waals surface area contributed by atoms with Gasteiger partial charge in [0.25, 0.3) is 5.91 Å². The molecule has 1 saturated carbocycles. The van der Waals surface area contributed by atoms with Gasteiger partial charge >= 0.3 is 0 Å². The number of methoxy groups -OCH3 is 1. The molecule has 10 heteroatoms. The number of aromatic nitrogens is 1. The summed E-state index contributed by atoms with van der Waals surface area (Å²) in [6.07, 6.45) is 3.95. The van der Waals surface area contributed by atoms with Crippen LogP contribution in [0.5, 0.6) is 5.75 Å². The first kappa shape index (κ1) is 25.8. The molecule has 2 aromatic carbocycles. The van der Waals surface area contributed by atoms with Crippen molar-refractivity contribution < 1.29 is 14.3 Å². The zero-order valence-corrected chi connectivity index (χ0v) is 22.1. The average Bonchev–Trinajstić information content (AvgIpc) is 3.49. The van der Waals surface area contributed by atoms with Crippen molar-refractivity contribution in [3.05, 3.63) is 79.7 Å². The first-order chi connectivity index (χ1) is 16.9. The van der Waals surface area contributed by atoms with Gasteiger partial charge in [-0.3, -0.25) is 9.59 Å².